The molecule has 0 unspecified atom stereocenters. The molecule has 2 amide bonds. The number of nitrogens with one attached hydrogen (secondary N) is 2. The van der Waals surface area contributed by atoms with E-state index in [1.54, 1.807) is 24.1 Å². The van der Waals surface area contributed by atoms with E-state index in [1.165, 1.54) is 12.1 Å². The van der Waals surface area contributed by atoms with E-state index in [9.17, 15) is 24.6 Å². The third-order valence-electron chi connectivity index (χ3n) is 5.07. The van der Waals surface area contributed by atoms with Gasteiger partial charge in [0, 0.05) is 20.0 Å². The van der Waals surface area contributed by atoms with E-state index in [-0.39, 0.29) is 47.6 Å². The van der Waals surface area contributed by atoms with E-state index in [4.69, 9.17) is 0 Å². The van der Waals surface area contributed by atoms with Crippen LogP contribution in [0.25, 0.3) is 0 Å². The molecule has 3 atom stereocenters. The quantitative estimate of drug-likeness (QED) is 0.275. The number of phenolic OH excluding ortho intramolecular Hbond substituents is 1. The van der Waals surface area contributed by atoms with E-state index in [0.717, 1.165) is 11.1 Å². The minimum Gasteiger partial charge on any atom is -0.548 e. The fraction of sp³-hybridized carbons (Fsp3) is 0.318. The van der Waals surface area contributed by atoms with Gasteiger partial charge in [-0.3, -0.25) is 14.9 Å². The van der Waals surface area contributed by atoms with E-state index >= 15 is 0 Å². The number of rotatable bonds is 9. The number of likely N-dealkylation sites (N-methyl/N-ethyl adjacent to an activating group) is 1. The van der Waals surface area contributed by atoms with E-state index < -0.39 is 30.0 Å². The van der Waals surface area contributed by atoms with Crippen molar-refractivity contribution in [3.63, 3.8) is 0 Å². The number of nitrogens with zero attached hydrogens (tertiary/aromatic N) is 1. The van der Waals surface area contributed by atoms with Crippen molar-refractivity contribution < 1.29 is 54.2 Å². The number of hydrogen-bond acceptors (Lipinski definition) is 6. The summed E-state index contributed by atoms with van der Waals surface area (Å²) in [6.45, 7) is 0.466. The molecule has 0 aliphatic carbocycles. The Hall–Kier alpha value is -2.39. The maximum Gasteiger partial charge on any atom is 1.00 e. The summed E-state index contributed by atoms with van der Waals surface area (Å²) >= 11 is 0. The van der Waals surface area contributed by atoms with Gasteiger partial charge in [-0.2, -0.15) is 0 Å². The largest absolute Gasteiger partial charge is 1.00 e. The molecule has 0 radical (unpaired) electrons. The number of carbonyl (C=O) groups is 3. The fourth-order valence-electron chi connectivity index (χ4n) is 3.22. The second-order valence-electron chi connectivity index (χ2n) is 7.37. The molecule has 3 rings (SSSR count). The third-order valence-corrected chi connectivity index (χ3v) is 5.07. The molecular weight excluding hydrogens is 409 g/mol. The van der Waals surface area contributed by atoms with Crippen LogP contribution in [0.2, 0.25) is 0 Å². The number of amides is 2. The van der Waals surface area contributed by atoms with Gasteiger partial charge in [0.25, 0.3) is 0 Å². The Labute approximate surface area is 202 Å². The standard InChI is InChI=1S/C22H25N3O5.Na/c1-25(12-11-14-5-3-2-4-6-14)21(28)17(13-15-7-9-16(26)10-8-15)23-20(27)18-19(24-18)22(29)30;/h2-10,17-19,24,26H,11-13H2,1H3,(H,23,27)(H,29,30);/q;+1/p-1/t17-,18-,19-;/m0./s1. The summed E-state index contributed by atoms with van der Waals surface area (Å²) in [7, 11) is 1.67. The molecule has 1 aliphatic heterocycles. The van der Waals surface area contributed by atoms with Crippen LogP contribution in [-0.2, 0) is 27.2 Å². The second kappa shape index (κ2) is 11.3. The summed E-state index contributed by atoms with van der Waals surface area (Å²) in [4.78, 5) is 37.9. The Balaban J connectivity index is 0.00000341. The summed E-state index contributed by atoms with van der Waals surface area (Å²) in [6.07, 6.45) is 0.878. The first-order valence-corrected chi connectivity index (χ1v) is 9.69. The minimum atomic E-state index is -1.35. The molecule has 0 spiro atoms. The SMILES string of the molecule is CN(CCc1ccccc1)C(=O)[C@H](Cc1ccc(O)cc1)NC(=O)[C@H]1N[C@@H]1C(=O)[O-].[Na+]. The Morgan fingerprint density at radius 3 is 2.29 bits per heavy atom. The van der Waals surface area contributed by atoms with Gasteiger partial charge in [-0.1, -0.05) is 42.5 Å². The van der Waals surface area contributed by atoms with Crippen LogP contribution in [0.4, 0.5) is 0 Å². The van der Waals surface area contributed by atoms with Crippen molar-refractivity contribution in [2.24, 2.45) is 0 Å². The van der Waals surface area contributed by atoms with Crippen LogP contribution in [-0.4, -0.2) is 59.5 Å². The van der Waals surface area contributed by atoms with Gasteiger partial charge in [-0.15, -0.1) is 0 Å². The fourth-order valence-corrected chi connectivity index (χ4v) is 3.22. The van der Waals surface area contributed by atoms with Crippen LogP contribution >= 0.6 is 0 Å². The van der Waals surface area contributed by atoms with E-state index in [0.29, 0.717) is 13.0 Å². The van der Waals surface area contributed by atoms with Crippen LogP contribution in [0.5, 0.6) is 5.75 Å². The molecule has 158 valence electrons. The molecular formula is C22H24N3NaO5. The zero-order valence-corrected chi connectivity index (χ0v) is 19.6. The van der Waals surface area contributed by atoms with E-state index in [2.05, 4.69) is 10.6 Å². The normalized spacial score (nSPS) is 17.7. The second-order valence-corrected chi connectivity index (χ2v) is 7.37. The molecule has 9 heteroatoms. The maximum absolute atomic E-state index is 13.0. The van der Waals surface area contributed by atoms with Crippen LogP contribution in [0.15, 0.2) is 54.6 Å². The zero-order valence-electron chi connectivity index (χ0n) is 17.6. The first kappa shape index (κ1) is 24.9. The summed E-state index contributed by atoms with van der Waals surface area (Å²) < 4.78 is 0. The molecule has 0 bridgehead atoms. The predicted octanol–water partition coefficient (Wildman–Crippen LogP) is -3.79. The van der Waals surface area contributed by atoms with Crippen molar-refractivity contribution in [2.75, 3.05) is 13.6 Å². The van der Waals surface area contributed by atoms with Crippen molar-refractivity contribution in [3.05, 3.63) is 65.7 Å². The summed E-state index contributed by atoms with van der Waals surface area (Å²) in [5.41, 5.74) is 1.85. The average Bonchev–Trinajstić information content (AvgIpc) is 3.55. The van der Waals surface area contributed by atoms with Crippen molar-refractivity contribution in [1.29, 1.82) is 0 Å². The van der Waals surface area contributed by atoms with Crippen LogP contribution in [0.1, 0.15) is 11.1 Å². The number of carboxylic acid groups (broad SMARTS) is 1. The summed E-state index contributed by atoms with van der Waals surface area (Å²) in [6, 6.07) is 13.3. The van der Waals surface area contributed by atoms with Gasteiger partial charge in [-0.25, -0.2) is 0 Å². The molecule has 2 aromatic rings. The number of aliphatic carboxylic acids is 1. The van der Waals surface area contributed by atoms with Gasteiger partial charge in [0.2, 0.25) is 11.8 Å². The van der Waals surface area contributed by atoms with Gasteiger partial charge in [0.15, 0.2) is 0 Å². The number of carboxylic acids is 1. The van der Waals surface area contributed by atoms with Crippen molar-refractivity contribution in [1.82, 2.24) is 15.5 Å². The molecule has 0 saturated carbocycles. The number of aromatic hydroxyl groups is 1. The van der Waals surface area contributed by atoms with Gasteiger partial charge in [-0.05, 0) is 29.7 Å². The van der Waals surface area contributed by atoms with Crippen LogP contribution in [0, 0.1) is 0 Å². The van der Waals surface area contributed by atoms with Crippen LogP contribution in [0.3, 0.4) is 0 Å². The average molecular weight is 433 g/mol. The number of hydrogen-bond donors (Lipinski definition) is 3. The molecule has 1 fully saturated rings. The van der Waals surface area contributed by atoms with Gasteiger partial charge < -0.3 is 25.2 Å². The monoisotopic (exact) mass is 433 g/mol. The summed E-state index contributed by atoms with van der Waals surface area (Å²) in [5, 5.41) is 25.5. The minimum absolute atomic E-state index is 0. The van der Waals surface area contributed by atoms with Gasteiger partial charge in [0.05, 0.1) is 12.0 Å². The molecule has 1 saturated heterocycles. The molecule has 3 N–H and O–H groups in total. The molecule has 1 heterocycles. The zero-order chi connectivity index (χ0) is 21.7. The molecule has 2 aromatic carbocycles. The first-order valence-electron chi connectivity index (χ1n) is 9.69. The number of phenols is 1. The number of benzene rings is 2. The van der Waals surface area contributed by atoms with E-state index in [1.807, 2.05) is 30.3 Å². The molecule has 31 heavy (non-hydrogen) atoms. The molecule has 1 aliphatic rings. The Kier molecular flexibility index (Phi) is 9.06. The Bertz CT molecular complexity index is 907. The maximum atomic E-state index is 13.0. The Morgan fingerprint density at radius 2 is 1.71 bits per heavy atom. The summed E-state index contributed by atoms with van der Waals surface area (Å²) in [5.74, 6) is -2.09. The van der Waals surface area contributed by atoms with Crippen molar-refractivity contribution >= 4 is 17.8 Å². The van der Waals surface area contributed by atoms with Crippen molar-refractivity contribution in [3.8, 4) is 5.75 Å². The van der Waals surface area contributed by atoms with Crippen molar-refractivity contribution in [2.45, 2.75) is 31.0 Å². The smallest absolute Gasteiger partial charge is 0.548 e. The molecule has 0 aromatic heterocycles. The third kappa shape index (κ3) is 7.07. The molecule has 8 nitrogen and oxygen atoms in total. The number of carbonyl (C=O) groups excluding carboxylic acids is 3. The Morgan fingerprint density at radius 1 is 1.06 bits per heavy atom. The van der Waals surface area contributed by atoms with Crippen LogP contribution < -0.4 is 45.3 Å². The first-order chi connectivity index (χ1) is 14.3. The predicted molar refractivity (Wildman–Crippen MR) is 107 cm³/mol. The van der Waals surface area contributed by atoms with Gasteiger partial charge >= 0.3 is 29.6 Å². The van der Waals surface area contributed by atoms with Gasteiger partial charge in [0.1, 0.15) is 17.8 Å². The topological polar surface area (TPSA) is 132 Å².